The normalized spacial score (nSPS) is 15.8. The Kier molecular flexibility index (Phi) is 6.04. The van der Waals surface area contributed by atoms with Crippen LogP contribution in [0.4, 0.5) is 0 Å². The van der Waals surface area contributed by atoms with Gasteiger partial charge < -0.3 is 14.2 Å². The number of amides is 2. The van der Waals surface area contributed by atoms with Crippen LogP contribution in [0.5, 0.6) is 0 Å². The first-order chi connectivity index (χ1) is 14.5. The van der Waals surface area contributed by atoms with Crippen molar-refractivity contribution >= 4 is 23.2 Å². The summed E-state index contributed by atoms with van der Waals surface area (Å²) in [7, 11) is 0. The van der Waals surface area contributed by atoms with Gasteiger partial charge >= 0.3 is 0 Å². The van der Waals surface area contributed by atoms with Crippen LogP contribution >= 0.6 is 11.3 Å². The molecule has 1 aromatic carbocycles. The monoisotopic (exact) mass is 422 g/mol. The van der Waals surface area contributed by atoms with E-state index < -0.39 is 0 Å². The van der Waals surface area contributed by atoms with Gasteiger partial charge in [0.15, 0.2) is 5.76 Å². The van der Waals surface area contributed by atoms with E-state index in [1.54, 1.807) is 28.4 Å². The summed E-state index contributed by atoms with van der Waals surface area (Å²) in [6, 6.07) is 15.5. The SMILES string of the molecule is CC(C)CN(CC(=O)N1CCc2sccc2C1c1ccccc1)C(=O)c1ccco1. The average Bonchev–Trinajstić information content (AvgIpc) is 3.44. The van der Waals surface area contributed by atoms with Crippen molar-refractivity contribution in [3.8, 4) is 0 Å². The van der Waals surface area contributed by atoms with Gasteiger partial charge in [0, 0.05) is 18.0 Å². The first-order valence-electron chi connectivity index (χ1n) is 10.3. The molecule has 0 N–H and O–H groups in total. The molecular weight excluding hydrogens is 396 g/mol. The summed E-state index contributed by atoms with van der Waals surface area (Å²) in [6.45, 7) is 5.27. The summed E-state index contributed by atoms with van der Waals surface area (Å²) >= 11 is 1.75. The second-order valence-electron chi connectivity index (χ2n) is 8.01. The fourth-order valence-electron chi connectivity index (χ4n) is 4.05. The Hall–Kier alpha value is -2.86. The van der Waals surface area contributed by atoms with Crippen LogP contribution in [0, 0.1) is 5.92 Å². The lowest BCUT2D eigenvalue weighted by Gasteiger charge is -2.37. The lowest BCUT2D eigenvalue weighted by molar-refractivity contribution is -0.134. The van der Waals surface area contributed by atoms with Gasteiger partial charge in [0.1, 0.15) is 6.54 Å². The third kappa shape index (κ3) is 4.19. The van der Waals surface area contributed by atoms with Crippen molar-refractivity contribution < 1.29 is 14.0 Å². The molecule has 1 unspecified atom stereocenters. The van der Waals surface area contributed by atoms with Crippen molar-refractivity contribution in [2.45, 2.75) is 26.3 Å². The molecule has 3 heterocycles. The Labute approximate surface area is 180 Å². The molecule has 0 fully saturated rings. The molecule has 2 aromatic heterocycles. The molecule has 5 nitrogen and oxygen atoms in total. The molecule has 0 saturated heterocycles. The molecule has 1 aliphatic rings. The molecule has 156 valence electrons. The van der Waals surface area contributed by atoms with E-state index in [1.165, 1.54) is 16.7 Å². The fourth-order valence-corrected chi connectivity index (χ4v) is 4.95. The smallest absolute Gasteiger partial charge is 0.290 e. The first-order valence-corrected chi connectivity index (χ1v) is 11.2. The van der Waals surface area contributed by atoms with Crippen LogP contribution in [0.15, 0.2) is 64.6 Å². The third-order valence-corrected chi connectivity index (χ3v) is 6.33. The number of carbonyl (C=O) groups excluding carboxylic acids is 2. The highest BCUT2D eigenvalue weighted by atomic mass is 32.1. The number of hydrogen-bond donors (Lipinski definition) is 0. The Balaban J connectivity index is 1.61. The number of thiophene rings is 1. The highest BCUT2D eigenvalue weighted by molar-refractivity contribution is 7.10. The zero-order chi connectivity index (χ0) is 21.1. The number of benzene rings is 1. The van der Waals surface area contributed by atoms with Crippen LogP contribution in [0.25, 0.3) is 0 Å². The van der Waals surface area contributed by atoms with Crippen LogP contribution in [0.1, 0.15) is 46.4 Å². The van der Waals surface area contributed by atoms with Crippen molar-refractivity contribution in [3.63, 3.8) is 0 Å². The van der Waals surface area contributed by atoms with E-state index in [9.17, 15) is 9.59 Å². The second-order valence-corrected chi connectivity index (χ2v) is 9.01. The summed E-state index contributed by atoms with van der Waals surface area (Å²) in [5, 5.41) is 2.10. The minimum absolute atomic E-state index is 0.0405. The van der Waals surface area contributed by atoms with Crippen LogP contribution < -0.4 is 0 Å². The van der Waals surface area contributed by atoms with Crippen molar-refractivity contribution in [3.05, 3.63) is 81.9 Å². The zero-order valence-corrected chi connectivity index (χ0v) is 18.1. The number of nitrogens with zero attached hydrogens (tertiary/aromatic N) is 2. The summed E-state index contributed by atoms with van der Waals surface area (Å²) in [5.74, 6) is 0.223. The minimum atomic E-state index is -0.244. The molecule has 1 atom stereocenters. The van der Waals surface area contributed by atoms with Gasteiger partial charge in [0.05, 0.1) is 12.3 Å². The third-order valence-electron chi connectivity index (χ3n) is 5.33. The maximum absolute atomic E-state index is 13.5. The molecule has 0 aliphatic carbocycles. The summed E-state index contributed by atoms with van der Waals surface area (Å²) in [4.78, 5) is 31.3. The van der Waals surface area contributed by atoms with Crippen LogP contribution in [-0.4, -0.2) is 41.2 Å². The highest BCUT2D eigenvalue weighted by Gasteiger charge is 2.34. The largest absolute Gasteiger partial charge is 0.459 e. The summed E-state index contributed by atoms with van der Waals surface area (Å²) in [5.41, 5.74) is 2.29. The Morgan fingerprint density at radius 2 is 1.97 bits per heavy atom. The van der Waals surface area contributed by atoms with Crippen molar-refractivity contribution in [2.24, 2.45) is 5.92 Å². The van der Waals surface area contributed by atoms with E-state index in [2.05, 4.69) is 23.6 Å². The van der Waals surface area contributed by atoms with E-state index in [-0.39, 0.29) is 36.1 Å². The lowest BCUT2D eigenvalue weighted by atomic mass is 9.93. The minimum Gasteiger partial charge on any atom is -0.459 e. The Morgan fingerprint density at radius 3 is 2.67 bits per heavy atom. The van der Waals surface area contributed by atoms with Gasteiger partial charge in [-0.05, 0) is 47.0 Å². The molecule has 4 rings (SSSR count). The van der Waals surface area contributed by atoms with Gasteiger partial charge in [0.25, 0.3) is 5.91 Å². The molecule has 6 heteroatoms. The van der Waals surface area contributed by atoms with Gasteiger partial charge in [-0.1, -0.05) is 44.2 Å². The Morgan fingerprint density at radius 1 is 1.17 bits per heavy atom. The van der Waals surface area contributed by atoms with Gasteiger partial charge in [-0.2, -0.15) is 0 Å². The molecule has 0 saturated carbocycles. The van der Waals surface area contributed by atoms with Crippen molar-refractivity contribution in [2.75, 3.05) is 19.6 Å². The molecule has 3 aromatic rings. The van der Waals surface area contributed by atoms with Crippen LogP contribution in [-0.2, 0) is 11.2 Å². The number of fused-ring (bicyclic) bond motifs is 1. The van der Waals surface area contributed by atoms with E-state index in [0.717, 1.165) is 12.0 Å². The van der Waals surface area contributed by atoms with E-state index in [4.69, 9.17) is 4.42 Å². The summed E-state index contributed by atoms with van der Waals surface area (Å²) < 4.78 is 5.30. The Bertz CT molecular complexity index is 995. The van der Waals surface area contributed by atoms with Crippen LogP contribution in [0.2, 0.25) is 0 Å². The van der Waals surface area contributed by atoms with Crippen molar-refractivity contribution in [1.29, 1.82) is 0 Å². The standard InChI is InChI=1S/C24H26N2O3S/c1-17(2)15-25(24(28)20-9-6-13-29-20)16-22(27)26-12-10-21-19(11-14-30-21)23(26)18-7-4-3-5-8-18/h3-9,11,13-14,17,23H,10,12,15-16H2,1-2H3. The topological polar surface area (TPSA) is 53.8 Å². The molecule has 0 radical (unpaired) electrons. The van der Waals surface area contributed by atoms with E-state index in [1.807, 2.05) is 36.9 Å². The molecule has 0 spiro atoms. The molecule has 1 aliphatic heterocycles. The van der Waals surface area contributed by atoms with Gasteiger partial charge in [-0.25, -0.2) is 0 Å². The molecule has 2 amide bonds. The van der Waals surface area contributed by atoms with Gasteiger partial charge in [-0.3, -0.25) is 9.59 Å². The van der Waals surface area contributed by atoms with E-state index >= 15 is 0 Å². The summed E-state index contributed by atoms with van der Waals surface area (Å²) in [6.07, 6.45) is 2.33. The maximum atomic E-state index is 13.5. The molecule has 30 heavy (non-hydrogen) atoms. The first kappa shape index (κ1) is 20.4. The molecule has 0 bridgehead atoms. The number of rotatable bonds is 6. The van der Waals surface area contributed by atoms with Gasteiger partial charge in [-0.15, -0.1) is 11.3 Å². The highest BCUT2D eigenvalue weighted by Crippen LogP contribution is 2.37. The number of carbonyl (C=O) groups is 2. The maximum Gasteiger partial charge on any atom is 0.290 e. The zero-order valence-electron chi connectivity index (χ0n) is 17.3. The fraction of sp³-hybridized carbons (Fsp3) is 0.333. The quantitative estimate of drug-likeness (QED) is 0.583. The average molecular weight is 423 g/mol. The molecular formula is C24H26N2O3S. The van der Waals surface area contributed by atoms with Gasteiger partial charge in [0.2, 0.25) is 5.91 Å². The van der Waals surface area contributed by atoms with Crippen LogP contribution in [0.3, 0.4) is 0 Å². The lowest BCUT2D eigenvalue weighted by Crippen LogP contribution is -2.47. The van der Waals surface area contributed by atoms with E-state index in [0.29, 0.717) is 13.1 Å². The second kappa shape index (κ2) is 8.88. The van der Waals surface area contributed by atoms with Crippen molar-refractivity contribution in [1.82, 2.24) is 9.80 Å². The predicted octanol–water partition coefficient (Wildman–Crippen LogP) is 4.61. The number of furan rings is 1. The predicted molar refractivity (Wildman–Crippen MR) is 117 cm³/mol. The number of hydrogen-bond acceptors (Lipinski definition) is 4.